The van der Waals surface area contributed by atoms with Gasteiger partial charge < -0.3 is 14.4 Å². The summed E-state index contributed by atoms with van der Waals surface area (Å²) in [5.74, 6) is -1.49. The van der Waals surface area contributed by atoms with Gasteiger partial charge in [-0.1, -0.05) is 26.8 Å². The Balaban J connectivity index is 2.15. The number of carbonyl (C=O) groups is 1. The molecule has 0 saturated heterocycles. The summed E-state index contributed by atoms with van der Waals surface area (Å²) in [4.78, 5) is 28.7. The van der Waals surface area contributed by atoms with Gasteiger partial charge in [0.2, 0.25) is 0 Å². The summed E-state index contributed by atoms with van der Waals surface area (Å²) >= 11 is 0. The Morgan fingerprint density at radius 3 is 2.65 bits per heavy atom. The Morgan fingerprint density at radius 2 is 2.03 bits per heavy atom. The molecule has 162 valence electrons. The van der Waals surface area contributed by atoms with Crippen LogP contribution in [0.1, 0.15) is 48.2 Å². The van der Waals surface area contributed by atoms with Gasteiger partial charge in [-0.25, -0.2) is 4.79 Å². The molecule has 6 nitrogen and oxygen atoms in total. The highest BCUT2D eigenvalue weighted by atomic mass is 19.3. The van der Waals surface area contributed by atoms with Crippen molar-refractivity contribution in [1.29, 1.82) is 0 Å². The van der Waals surface area contributed by atoms with E-state index < -0.39 is 18.1 Å². The molecule has 4 rings (SSSR count). The van der Waals surface area contributed by atoms with Crippen LogP contribution in [0.5, 0.6) is 5.75 Å². The molecular formula is C23H22F2N2O4. The van der Waals surface area contributed by atoms with Crippen LogP contribution in [0, 0.1) is 5.41 Å². The third-order valence-electron chi connectivity index (χ3n) is 5.94. The highest BCUT2D eigenvalue weighted by molar-refractivity contribution is 5.96. The number of pyridine rings is 2. The van der Waals surface area contributed by atoms with E-state index in [0.717, 1.165) is 5.56 Å². The van der Waals surface area contributed by atoms with Gasteiger partial charge in [-0.05, 0) is 47.1 Å². The van der Waals surface area contributed by atoms with Gasteiger partial charge in [0, 0.05) is 24.2 Å². The molecule has 1 aromatic carbocycles. The molecule has 1 N–H and O–H groups in total. The predicted octanol–water partition coefficient (Wildman–Crippen LogP) is 4.59. The van der Waals surface area contributed by atoms with Crippen LogP contribution in [0.2, 0.25) is 0 Å². The van der Waals surface area contributed by atoms with Crippen LogP contribution in [-0.4, -0.2) is 27.2 Å². The maximum atomic E-state index is 13.1. The molecule has 0 bridgehead atoms. The highest BCUT2D eigenvalue weighted by Gasteiger charge is 2.37. The number of carboxylic acids is 1. The summed E-state index contributed by atoms with van der Waals surface area (Å²) in [7, 11) is 1.50. The zero-order valence-electron chi connectivity index (χ0n) is 17.6. The van der Waals surface area contributed by atoms with Crippen LogP contribution in [0.4, 0.5) is 8.78 Å². The Kier molecular flexibility index (Phi) is 4.83. The average molecular weight is 428 g/mol. The second-order valence-electron chi connectivity index (χ2n) is 8.83. The molecule has 3 aromatic rings. The van der Waals surface area contributed by atoms with Crippen LogP contribution >= 0.6 is 0 Å². The lowest BCUT2D eigenvalue weighted by Gasteiger charge is -2.38. The van der Waals surface area contributed by atoms with E-state index in [9.17, 15) is 23.5 Å². The first-order valence-corrected chi connectivity index (χ1v) is 9.83. The Hall–Kier alpha value is -3.29. The lowest BCUT2D eigenvalue weighted by atomic mass is 9.68. The number of halogens is 2. The van der Waals surface area contributed by atoms with Gasteiger partial charge >= 0.3 is 12.6 Å². The van der Waals surface area contributed by atoms with Gasteiger partial charge in [-0.2, -0.15) is 8.78 Å². The minimum absolute atomic E-state index is 0.0840. The quantitative estimate of drug-likeness (QED) is 0.660. The zero-order valence-corrected chi connectivity index (χ0v) is 17.6. The maximum absolute atomic E-state index is 13.1. The normalized spacial score (nSPS) is 15.6. The smallest absolute Gasteiger partial charge is 0.387 e. The second-order valence-corrected chi connectivity index (χ2v) is 8.83. The minimum atomic E-state index is -3.04. The fraction of sp³-hybridized carbons (Fsp3) is 0.348. The lowest BCUT2D eigenvalue weighted by molar-refractivity contribution is -0.0489. The first-order valence-electron chi connectivity index (χ1n) is 9.83. The number of hydrogen-bond acceptors (Lipinski definition) is 4. The third-order valence-corrected chi connectivity index (χ3v) is 5.94. The number of nitrogens with zero attached hydrogens (tertiary/aromatic N) is 2. The van der Waals surface area contributed by atoms with Crippen molar-refractivity contribution >= 4 is 16.9 Å². The van der Waals surface area contributed by atoms with Crippen molar-refractivity contribution in [1.82, 2.24) is 9.55 Å². The van der Waals surface area contributed by atoms with Crippen molar-refractivity contribution < 1.29 is 23.4 Å². The summed E-state index contributed by atoms with van der Waals surface area (Å²) < 4.78 is 32.3. The van der Waals surface area contributed by atoms with Crippen LogP contribution in [-0.2, 0) is 13.5 Å². The van der Waals surface area contributed by atoms with E-state index in [0.29, 0.717) is 34.1 Å². The van der Waals surface area contributed by atoms with Gasteiger partial charge in [0.05, 0.1) is 5.69 Å². The number of rotatable bonds is 3. The molecule has 0 radical (unpaired) electrons. The Bertz CT molecular complexity index is 1280. The van der Waals surface area contributed by atoms with E-state index in [4.69, 9.17) is 4.74 Å². The van der Waals surface area contributed by atoms with Gasteiger partial charge in [0.25, 0.3) is 5.56 Å². The fourth-order valence-corrected chi connectivity index (χ4v) is 4.50. The van der Waals surface area contributed by atoms with E-state index in [2.05, 4.69) is 4.98 Å². The molecule has 0 fully saturated rings. The molecule has 31 heavy (non-hydrogen) atoms. The topological polar surface area (TPSA) is 81.4 Å². The number of aromatic nitrogens is 2. The minimum Gasteiger partial charge on any atom is -0.477 e. The molecule has 0 aliphatic heterocycles. The lowest BCUT2D eigenvalue weighted by Crippen LogP contribution is -2.32. The molecule has 0 amide bonds. The molecule has 8 heteroatoms. The van der Waals surface area contributed by atoms with Gasteiger partial charge in [-0.3, -0.25) is 9.78 Å². The molecule has 1 aliphatic rings. The maximum Gasteiger partial charge on any atom is 0.387 e. The number of alkyl halides is 2. The van der Waals surface area contributed by atoms with Crippen molar-refractivity contribution in [3.8, 4) is 17.0 Å². The van der Waals surface area contributed by atoms with Gasteiger partial charge in [-0.15, -0.1) is 0 Å². The summed E-state index contributed by atoms with van der Waals surface area (Å²) in [5, 5.41) is 10.2. The molecule has 2 aromatic heterocycles. The summed E-state index contributed by atoms with van der Waals surface area (Å²) in [6.45, 7) is 3.11. The molecule has 0 saturated carbocycles. The molecule has 1 aliphatic carbocycles. The number of ether oxygens (including phenoxy) is 1. The van der Waals surface area contributed by atoms with Crippen molar-refractivity contribution in [2.24, 2.45) is 12.5 Å². The molecule has 1 atom stereocenters. The third kappa shape index (κ3) is 3.36. The first kappa shape index (κ1) is 21.0. The van der Waals surface area contributed by atoms with Gasteiger partial charge in [0.1, 0.15) is 11.1 Å². The summed E-state index contributed by atoms with van der Waals surface area (Å²) in [6.07, 6.45) is 2.06. The average Bonchev–Trinajstić information content (AvgIpc) is 2.68. The standard InChI is InChI=1S/C23H22F2N2O4/c1-23(2,3)16-9-12-11-6-5-7-26-18(11)17(31-22(24)25)10-13(12)19-14(16)8-15(21(29)30)20(28)27(19)4/h5-8,10,16,22H,9H2,1-4H3,(H,29,30). The predicted molar refractivity (Wildman–Crippen MR) is 112 cm³/mol. The number of aromatic carboxylic acids is 1. The van der Waals surface area contributed by atoms with Crippen molar-refractivity contribution in [3.63, 3.8) is 0 Å². The number of carboxylic acid groups (broad SMARTS) is 1. The molecule has 2 heterocycles. The zero-order chi connectivity index (χ0) is 22.7. The van der Waals surface area contributed by atoms with E-state index in [1.54, 1.807) is 12.1 Å². The van der Waals surface area contributed by atoms with Crippen LogP contribution in [0.15, 0.2) is 35.3 Å². The van der Waals surface area contributed by atoms with E-state index in [-0.39, 0.29) is 22.6 Å². The molecule has 0 spiro atoms. The number of fused-ring (bicyclic) bond motifs is 5. The van der Waals surface area contributed by atoms with E-state index in [1.807, 2.05) is 20.8 Å². The highest BCUT2D eigenvalue weighted by Crippen LogP contribution is 2.50. The van der Waals surface area contributed by atoms with Crippen LogP contribution < -0.4 is 10.3 Å². The monoisotopic (exact) mass is 428 g/mol. The summed E-state index contributed by atoms with van der Waals surface area (Å²) in [6, 6.07) is 6.44. The van der Waals surface area contributed by atoms with Crippen molar-refractivity contribution in [2.75, 3.05) is 0 Å². The van der Waals surface area contributed by atoms with Crippen molar-refractivity contribution in [2.45, 2.75) is 39.7 Å². The second kappa shape index (κ2) is 7.14. The van der Waals surface area contributed by atoms with Crippen LogP contribution in [0.25, 0.3) is 22.2 Å². The molecule has 1 unspecified atom stereocenters. The van der Waals surface area contributed by atoms with E-state index in [1.165, 1.54) is 29.9 Å². The largest absolute Gasteiger partial charge is 0.477 e. The summed E-state index contributed by atoms with van der Waals surface area (Å²) in [5.41, 5.74) is 1.75. The number of benzene rings is 1. The van der Waals surface area contributed by atoms with E-state index >= 15 is 0 Å². The van der Waals surface area contributed by atoms with Gasteiger partial charge in [0.15, 0.2) is 5.75 Å². The molecular weight excluding hydrogens is 406 g/mol. The van der Waals surface area contributed by atoms with Crippen molar-refractivity contribution in [3.05, 3.63) is 57.5 Å². The fourth-order valence-electron chi connectivity index (χ4n) is 4.50. The first-order chi connectivity index (χ1) is 14.5. The number of hydrogen-bond donors (Lipinski definition) is 1. The Labute approximate surface area is 177 Å². The SMILES string of the molecule is Cn1c2c(cc(C(=O)O)c1=O)C(C(C)(C)C)Cc1c-2cc(OC(F)F)c2ncccc12. The van der Waals surface area contributed by atoms with Crippen LogP contribution in [0.3, 0.4) is 0 Å². The Morgan fingerprint density at radius 1 is 1.32 bits per heavy atom.